The third kappa shape index (κ3) is 5.02. The summed E-state index contributed by atoms with van der Waals surface area (Å²) in [5.41, 5.74) is 4.18. The van der Waals surface area contributed by atoms with Gasteiger partial charge in [0.1, 0.15) is 5.01 Å². The van der Waals surface area contributed by atoms with E-state index in [4.69, 9.17) is 0 Å². The lowest BCUT2D eigenvalue weighted by Crippen LogP contribution is -2.30. The zero-order valence-electron chi connectivity index (χ0n) is 13.8. The normalized spacial score (nSPS) is 10.5. The first-order valence-corrected chi connectivity index (χ1v) is 9.88. The molecule has 0 bridgehead atoms. The fraction of sp³-hybridized carbons (Fsp3) is 0.158. The SMILES string of the molecule is Cc1ccc(-c2nc(CCNC(=O)Nc3ccccc3I)cs2)cc1. The summed E-state index contributed by atoms with van der Waals surface area (Å²) in [6.45, 7) is 2.62. The van der Waals surface area contributed by atoms with Gasteiger partial charge in [-0.1, -0.05) is 42.0 Å². The second-order valence-electron chi connectivity index (χ2n) is 5.62. The first kappa shape index (κ1) is 17.9. The number of aryl methyl sites for hydroxylation is 1. The predicted molar refractivity (Wildman–Crippen MR) is 112 cm³/mol. The molecule has 4 nitrogen and oxygen atoms in total. The lowest BCUT2D eigenvalue weighted by atomic mass is 10.2. The second-order valence-corrected chi connectivity index (χ2v) is 7.64. The van der Waals surface area contributed by atoms with Crippen LogP contribution in [0.15, 0.2) is 53.9 Å². The Morgan fingerprint density at radius 2 is 1.92 bits per heavy atom. The van der Waals surface area contributed by atoms with Gasteiger partial charge in [-0.15, -0.1) is 11.3 Å². The molecule has 0 aliphatic carbocycles. The number of thiazole rings is 1. The highest BCUT2D eigenvalue weighted by Crippen LogP contribution is 2.24. The van der Waals surface area contributed by atoms with Crippen molar-refractivity contribution < 1.29 is 4.79 Å². The van der Waals surface area contributed by atoms with Crippen LogP contribution in [-0.4, -0.2) is 17.6 Å². The molecule has 0 radical (unpaired) electrons. The maximum Gasteiger partial charge on any atom is 0.319 e. The third-order valence-corrected chi connectivity index (χ3v) is 5.52. The molecule has 1 heterocycles. The van der Waals surface area contributed by atoms with E-state index in [0.717, 1.165) is 25.5 Å². The van der Waals surface area contributed by atoms with Gasteiger partial charge in [0.15, 0.2) is 0 Å². The molecule has 2 amide bonds. The topological polar surface area (TPSA) is 54.0 Å². The van der Waals surface area contributed by atoms with E-state index in [2.05, 4.69) is 74.8 Å². The van der Waals surface area contributed by atoms with Crippen LogP contribution >= 0.6 is 33.9 Å². The van der Waals surface area contributed by atoms with Crippen molar-refractivity contribution in [1.82, 2.24) is 10.3 Å². The molecule has 0 saturated carbocycles. The number of benzene rings is 2. The number of carbonyl (C=O) groups excluding carboxylic acids is 1. The molecule has 3 aromatic rings. The summed E-state index contributed by atoms with van der Waals surface area (Å²) < 4.78 is 1.01. The summed E-state index contributed by atoms with van der Waals surface area (Å²) >= 11 is 3.83. The number of nitrogens with zero attached hydrogens (tertiary/aromatic N) is 1. The van der Waals surface area contributed by atoms with Crippen LogP contribution < -0.4 is 10.6 Å². The van der Waals surface area contributed by atoms with Crippen molar-refractivity contribution in [3.05, 3.63) is 68.7 Å². The van der Waals surface area contributed by atoms with Gasteiger partial charge in [-0.3, -0.25) is 0 Å². The Labute approximate surface area is 164 Å². The van der Waals surface area contributed by atoms with Gasteiger partial charge < -0.3 is 10.6 Å². The standard InChI is InChI=1S/C19H18IN3OS/c1-13-6-8-14(9-7-13)18-22-15(12-25-18)10-11-21-19(24)23-17-5-3-2-4-16(17)20/h2-9,12H,10-11H2,1H3,(H2,21,23,24). The number of anilines is 1. The first-order chi connectivity index (χ1) is 12.1. The Kier molecular flexibility index (Phi) is 6.04. The predicted octanol–water partition coefficient (Wildman–Crippen LogP) is 5.09. The molecule has 0 atom stereocenters. The van der Waals surface area contributed by atoms with Crippen molar-refractivity contribution in [2.75, 3.05) is 11.9 Å². The van der Waals surface area contributed by atoms with E-state index >= 15 is 0 Å². The molecule has 2 aromatic carbocycles. The van der Waals surface area contributed by atoms with Crippen LogP contribution in [0.5, 0.6) is 0 Å². The third-order valence-electron chi connectivity index (χ3n) is 3.64. The van der Waals surface area contributed by atoms with Crippen LogP contribution in [0.3, 0.4) is 0 Å². The maximum atomic E-state index is 12.0. The van der Waals surface area contributed by atoms with Gasteiger partial charge in [0.25, 0.3) is 0 Å². The molecule has 2 N–H and O–H groups in total. The molecule has 0 spiro atoms. The van der Waals surface area contributed by atoms with E-state index in [-0.39, 0.29) is 6.03 Å². The number of rotatable bonds is 5. The number of hydrogen-bond acceptors (Lipinski definition) is 3. The fourth-order valence-corrected chi connectivity index (χ4v) is 3.67. The highest BCUT2D eigenvalue weighted by Gasteiger charge is 2.07. The molecule has 128 valence electrons. The minimum absolute atomic E-state index is 0.196. The fourth-order valence-electron chi connectivity index (χ4n) is 2.28. The van der Waals surface area contributed by atoms with Gasteiger partial charge in [0.05, 0.1) is 11.4 Å². The number of carbonyl (C=O) groups is 1. The molecule has 0 aliphatic rings. The summed E-state index contributed by atoms with van der Waals surface area (Å²) in [6.07, 6.45) is 0.710. The minimum Gasteiger partial charge on any atom is -0.337 e. The van der Waals surface area contributed by atoms with E-state index in [1.54, 1.807) is 11.3 Å². The smallest absolute Gasteiger partial charge is 0.319 e. The number of urea groups is 1. The highest BCUT2D eigenvalue weighted by atomic mass is 127. The van der Waals surface area contributed by atoms with E-state index in [9.17, 15) is 4.79 Å². The van der Waals surface area contributed by atoms with Crippen molar-refractivity contribution in [1.29, 1.82) is 0 Å². The lowest BCUT2D eigenvalue weighted by Gasteiger charge is -2.08. The van der Waals surface area contributed by atoms with Crippen molar-refractivity contribution in [2.24, 2.45) is 0 Å². The van der Waals surface area contributed by atoms with E-state index in [1.165, 1.54) is 5.56 Å². The summed E-state index contributed by atoms with van der Waals surface area (Å²) in [6, 6.07) is 15.8. The van der Waals surface area contributed by atoms with Crippen LogP contribution in [-0.2, 0) is 6.42 Å². The van der Waals surface area contributed by atoms with E-state index in [1.807, 2.05) is 24.3 Å². The second kappa shape index (κ2) is 8.44. The Morgan fingerprint density at radius 3 is 2.68 bits per heavy atom. The van der Waals surface area contributed by atoms with E-state index in [0.29, 0.717) is 13.0 Å². The van der Waals surface area contributed by atoms with Crippen LogP contribution in [0.1, 0.15) is 11.3 Å². The highest BCUT2D eigenvalue weighted by molar-refractivity contribution is 14.1. The molecule has 0 saturated heterocycles. The minimum atomic E-state index is -0.196. The quantitative estimate of drug-likeness (QED) is 0.519. The van der Waals surface area contributed by atoms with Crippen LogP contribution in [0.25, 0.3) is 10.6 Å². The average Bonchev–Trinajstić information content (AvgIpc) is 3.06. The van der Waals surface area contributed by atoms with Crippen molar-refractivity contribution >= 4 is 45.6 Å². The molecule has 3 rings (SSSR count). The zero-order valence-corrected chi connectivity index (χ0v) is 16.7. The number of hydrogen-bond donors (Lipinski definition) is 2. The Bertz CT molecular complexity index is 861. The Morgan fingerprint density at radius 1 is 1.16 bits per heavy atom. The van der Waals surface area contributed by atoms with Crippen LogP contribution in [0.4, 0.5) is 10.5 Å². The van der Waals surface area contributed by atoms with Crippen molar-refractivity contribution in [2.45, 2.75) is 13.3 Å². The monoisotopic (exact) mass is 463 g/mol. The largest absolute Gasteiger partial charge is 0.337 e. The number of nitrogens with one attached hydrogen (secondary N) is 2. The zero-order chi connectivity index (χ0) is 17.6. The van der Waals surface area contributed by atoms with Gasteiger partial charge in [-0.2, -0.15) is 0 Å². The first-order valence-electron chi connectivity index (χ1n) is 7.92. The van der Waals surface area contributed by atoms with Crippen molar-refractivity contribution in [3.8, 4) is 10.6 Å². The van der Waals surface area contributed by atoms with E-state index < -0.39 is 0 Å². The summed E-state index contributed by atoms with van der Waals surface area (Å²) in [5.74, 6) is 0. The molecule has 1 aromatic heterocycles. The summed E-state index contributed by atoms with van der Waals surface area (Å²) in [4.78, 5) is 16.6. The molecule has 0 unspecified atom stereocenters. The average molecular weight is 463 g/mol. The number of aromatic nitrogens is 1. The maximum absolute atomic E-state index is 12.0. The molecular weight excluding hydrogens is 445 g/mol. The lowest BCUT2D eigenvalue weighted by molar-refractivity contribution is 0.252. The Balaban J connectivity index is 1.50. The molecule has 0 fully saturated rings. The van der Waals surface area contributed by atoms with Gasteiger partial charge in [0, 0.05) is 27.5 Å². The van der Waals surface area contributed by atoms with Gasteiger partial charge in [-0.05, 0) is 41.6 Å². The molecule has 25 heavy (non-hydrogen) atoms. The molecule has 6 heteroatoms. The number of para-hydroxylation sites is 1. The van der Waals surface area contributed by atoms with Crippen molar-refractivity contribution in [3.63, 3.8) is 0 Å². The van der Waals surface area contributed by atoms with Gasteiger partial charge >= 0.3 is 6.03 Å². The van der Waals surface area contributed by atoms with Gasteiger partial charge in [0.2, 0.25) is 0 Å². The Hall–Kier alpha value is -1.93. The molecular formula is C19H18IN3OS. The summed E-state index contributed by atoms with van der Waals surface area (Å²) in [7, 11) is 0. The van der Waals surface area contributed by atoms with Gasteiger partial charge in [-0.25, -0.2) is 9.78 Å². The summed E-state index contributed by atoms with van der Waals surface area (Å²) in [5, 5.41) is 8.79. The number of amides is 2. The molecule has 0 aliphatic heterocycles. The number of halogens is 1. The van der Waals surface area contributed by atoms with Crippen LogP contribution in [0.2, 0.25) is 0 Å². The van der Waals surface area contributed by atoms with Crippen LogP contribution in [0, 0.1) is 10.5 Å².